The first-order valence-electron chi connectivity index (χ1n) is 4.30. The van der Waals surface area contributed by atoms with Gasteiger partial charge < -0.3 is 14.6 Å². The zero-order valence-corrected chi connectivity index (χ0v) is 8.41. The smallest absolute Gasteiger partial charge is 0.422 e. The van der Waals surface area contributed by atoms with Gasteiger partial charge in [0.25, 0.3) is 0 Å². The lowest BCUT2D eigenvalue weighted by Gasteiger charge is -2.10. The van der Waals surface area contributed by atoms with Gasteiger partial charge in [0, 0.05) is 11.6 Å². The van der Waals surface area contributed by atoms with Crippen molar-refractivity contribution >= 4 is 0 Å². The maximum absolute atomic E-state index is 11.8. The lowest BCUT2D eigenvalue weighted by molar-refractivity contribution is -0.154. The van der Waals surface area contributed by atoms with E-state index >= 15 is 0 Å². The van der Waals surface area contributed by atoms with Gasteiger partial charge in [0.15, 0.2) is 6.61 Å². The minimum absolute atomic E-state index is 0.0437. The molecule has 0 aliphatic heterocycles. The Labute approximate surface area is 89.6 Å². The number of nitrogens with zero attached hydrogens (tertiary/aromatic N) is 1. The van der Waals surface area contributed by atoms with Crippen molar-refractivity contribution in [2.24, 2.45) is 0 Å². The molecule has 1 N–H and O–H groups in total. The van der Waals surface area contributed by atoms with Gasteiger partial charge in [-0.05, 0) is 6.07 Å². The number of rotatable bonds is 4. The number of aromatic nitrogens is 1. The quantitative estimate of drug-likeness (QED) is 0.862. The molecular weight excluding hydrogens is 227 g/mol. The molecule has 90 valence electrons. The van der Waals surface area contributed by atoms with Gasteiger partial charge in [0.1, 0.15) is 0 Å². The Bertz CT molecular complexity index is 354. The van der Waals surface area contributed by atoms with Crippen molar-refractivity contribution in [3.8, 4) is 11.8 Å². The highest BCUT2D eigenvalue weighted by atomic mass is 19.4. The molecule has 0 atom stereocenters. The summed E-state index contributed by atoms with van der Waals surface area (Å²) in [6.07, 6.45) is -4.41. The number of halogens is 3. The molecule has 0 aromatic carbocycles. The van der Waals surface area contributed by atoms with Crippen molar-refractivity contribution in [1.29, 1.82) is 0 Å². The monoisotopic (exact) mass is 237 g/mol. The molecule has 1 aromatic heterocycles. The van der Waals surface area contributed by atoms with Crippen LogP contribution in [0.25, 0.3) is 0 Å². The molecule has 0 radical (unpaired) electrons. The molecule has 0 spiro atoms. The fourth-order valence-electron chi connectivity index (χ4n) is 0.986. The van der Waals surface area contributed by atoms with E-state index in [4.69, 9.17) is 9.84 Å². The summed E-state index contributed by atoms with van der Waals surface area (Å²) in [6.45, 7) is -1.72. The van der Waals surface area contributed by atoms with Crippen LogP contribution in [0, 0.1) is 0 Å². The van der Waals surface area contributed by atoms with E-state index < -0.39 is 12.8 Å². The minimum atomic E-state index is -4.41. The minimum Gasteiger partial charge on any atom is -0.481 e. The van der Waals surface area contributed by atoms with Crippen molar-refractivity contribution in [3.63, 3.8) is 0 Å². The molecule has 1 aromatic rings. The second-order valence-electron chi connectivity index (χ2n) is 2.88. The molecule has 0 saturated heterocycles. The Morgan fingerprint density at radius 3 is 2.56 bits per heavy atom. The van der Waals surface area contributed by atoms with Crippen LogP contribution >= 0.6 is 0 Å². The lowest BCUT2D eigenvalue weighted by Crippen LogP contribution is -2.19. The molecule has 0 fully saturated rings. The van der Waals surface area contributed by atoms with Crippen LogP contribution in [-0.2, 0) is 6.61 Å². The molecular formula is C9H10F3NO3. The molecule has 4 nitrogen and oxygen atoms in total. The van der Waals surface area contributed by atoms with Crippen molar-refractivity contribution < 1.29 is 27.8 Å². The zero-order chi connectivity index (χ0) is 12.2. The van der Waals surface area contributed by atoms with Crippen LogP contribution in [0.1, 0.15) is 5.56 Å². The summed E-state index contributed by atoms with van der Waals surface area (Å²) in [5, 5.41) is 8.86. The molecule has 0 bridgehead atoms. The van der Waals surface area contributed by atoms with Crippen LogP contribution in [0.4, 0.5) is 13.2 Å². The summed E-state index contributed by atoms with van der Waals surface area (Å²) in [7, 11) is 1.30. The summed E-state index contributed by atoms with van der Waals surface area (Å²) < 4.78 is 44.7. The third-order valence-electron chi connectivity index (χ3n) is 1.66. The first-order chi connectivity index (χ1) is 7.46. The third kappa shape index (κ3) is 3.58. The number of aliphatic hydroxyl groups excluding tert-OH is 1. The number of hydrogen-bond acceptors (Lipinski definition) is 4. The fourth-order valence-corrected chi connectivity index (χ4v) is 0.986. The Hall–Kier alpha value is -1.50. The summed E-state index contributed by atoms with van der Waals surface area (Å²) in [5.41, 5.74) is 0.377. The second-order valence-corrected chi connectivity index (χ2v) is 2.88. The van der Waals surface area contributed by atoms with Gasteiger partial charge in [-0.15, -0.1) is 0 Å². The Morgan fingerprint density at radius 1 is 1.38 bits per heavy atom. The summed E-state index contributed by atoms with van der Waals surface area (Å²) in [6, 6.07) is 2.62. The predicted molar refractivity (Wildman–Crippen MR) is 48.3 cm³/mol. The van der Waals surface area contributed by atoms with Gasteiger partial charge in [0.05, 0.1) is 13.7 Å². The van der Waals surface area contributed by atoms with Gasteiger partial charge >= 0.3 is 6.18 Å². The van der Waals surface area contributed by atoms with E-state index in [9.17, 15) is 13.2 Å². The van der Waals surface area contributed by atoms with Crippen LogP contribution in [0.3, 0.4) is 0 Å². The highest BCUT2D eigenvalue weighted by Gasteiger charge is 2.28. The van der Waals surface area contributed by atoms with E-state index in [0.717, 1.165) is 0 Å². The topological polar surface area (TPSA) is 51.6 Å². The Balaban J connectivity index is 2.75. The average molecular weight is 237 g/mol. The molecule has 1 rings (SSSR count). The number of ether oxygens (including phenoxy) is 2. The Morgan fingerprint density at radius 2 is 2.06 bits per heavy atom. The first kappa shape index (κ1) is 12.6. The van der Waals surface area contributed by atoms with E-state index in [1.807, 2.05) is 0 Å². The third-order valence-corrected chi connectivity index (χ3v) is 1.66. The number of alkyl halides is 3. The van der Waals surface area contributed by atoms with E-state index in [2.05, 4.69) is 9.72 Å². The molecule has 0 amide bonds. The molecule has 16 heavy (non-hydrogen) atoms. The van der Waals surface area contributed by atoms with Gasteiger partial charge in [-0.25, -0.2) is 0 Å². The molecule has 0 unspecified atom stereocenters. The SMILES string of the molecule is COc1nc(OCC(F)(F)F)ccc1CO. The van der Waals surface area contributed by atoms with Gasteiger partial charge in [0.2, 0.25) is 11.8 Å². The average Bonchev–Trinajstić information content (AvgIpc) is 2.25. The predicted octanol–water partition coefficient (Wildman–Crippen LogP) is 1.52. The van der Waals surface area contributed by atoms with Crippen LogP contribution in [0.15, 0.2) is 12.1 Å². The van der Waals surface area contributed by atoms with Gasteiger partial charge in [-0.2, -0.15) is 18.2 Å². The van der Waals surface area contributed by atoms with Gasteiger partial charge in [-0.1, -0.05) is 0 Å². The van der Waals surface area contributed by atoms with Crippen molar-refractivity contribution in [3.05, 3.63) is 17.7 Å². The molecule has 1 heterocycles. The van der Waals surface area contributed by atoms with Gasteiger partial charge in [-0.3, -0.25) is 0 Å². The van der Waals surface area contributed by atoms with Crippen LogP contribution in [0.5, 0.6) is 11.8 Å². The molecule has 0 saturated carbocycles. The molecule has 0 aliphatic rings. The highest BCUT2D eigenvalue weighted by molar-refractivity contribution is 5.29. The maximum Gasteiger partial charge on any atom is 0.422 e. The largest absolute Gasteiger partial charge is 0.481 e. The summed E-state index contributed by atoms with van der Waals surface area (Å²) >= 11 is 0. The maximum atomic E-state index is 11.8. The van der Waals surface area contributed by atoms with Crippen LogP contribution < -0.4 is 9.47 Å². The standard InChI is InChI=1S/C9H10F3NO3/c1-15-8-6(4-14)2-3-7(13-8)16-5-9(10,11)12/h2-3,14H,4-5H2,1H3. The van der Waals surface area contributed by atoms with Crippen LogP contribution in [-0.4, -0.2) is 30.0 Å². The normalized spacial score (nSPS) is 11.3. The Kier molecular flexibility index (Phi) is 3.94. The fraction of sp³-hybridized carbons (Fsp3) is 0.444. The summed E-state index contributed by atoms with van der Waals surface area (Å²) in [5.74, 6) is -0.159. The van der Waals surface area contributed by atoms with E-state index in [1.165, 1.54) is 19.2 Å². The second kappa shape index (κ2) is 5.02. The molecule has 0 aliphatic carbocycles. The zero-order valence-electron chi connectivity index (χ0n) is 8.41. The van der Waals surface area contributed by atoms with Crippen molar-refractivity contribution in [2.75, 3.05) is 13.7 Å². The van der Waals surface area contributed by atoms with Crippen LogP contribution in [0.2, 0.25) is 0 Å². The summed E-state index contributed by atoms with van der Waals surface area (Å²) in [4.78, 5) is 3.66. The first-order valence-corrected chi connectivity index (χ1v) is 4.30. The van der Waals surface area contributed by atoms with Crippen molar-refractivity contribution in [1.82, 2.24) is 4.98 Å². The number of hydrogen-bond donors (Lipinski definition) is 1. The lowest BCUT2D eigenvalue weighted by atomic mass is 10.3. The van der Waals surface area contributed by atoms with E-state index in [-0.39, 0.29) is 18.4 Å². The highest BCUT2D eigenvalue weighted by Crippen LogP contribution is 2.22. The van der Waals surface area contributed by atoms with Crippen molar-refractivity contribution in [2.45, 2.75) is 12.8 Å². The van der Waals surface area contributed by atoms with E-state index in [0.29, 0.717) is 5.56 Å². The van der Waals surface area contributed by atoms with E-state index in [1.54, 1.807) is 0 Å². The number of aliphatic hydroxyl groups is 1. The number of pyridine rings is 1. The number of methoxy groups -OCH3 is 1. The molecule has 7 heteroatoms.